The van der Waals surface area contributed by atoms with Gasteiger partial charge in [0, 0.05) is 5.56 Å². The van der Waals surface area contributed by atoms with E-state index in [0.29, 0.717) is 18.3 Å². The van der Waals surface area contributed by atoms with Crippen molar-refractivity contribution in [2.75, 3.05) is 19.5 Å². The minimum Gasteiger partial charge on any atom is -0.496 e. The van der Waals surface area contributed by atoms with E-state index in [1.54, 1.807) is 14.2 Å². The molecule has 0 aliphatic rings. The second-order valence-electron chi connectivity index (χ2n) is 4.34. The zero-order valence-corrected chi connectivity index (χ0v) is 14.9. The predicted octanol–water partition coefficient (Wildman–Crippen LogP) is 3.25. The highest BCUT2D eigenvalue weighted by atomic mass is 127. The average Bonchev–Trinajstić information content (AvgIpc) is 2.53. The molecule has 0 heterocycles. The zero-order chi connectivity index (χ0) is 15.1. The lowest BCUT2D eigenvalue weighted by molar-refractivity contribution is 0.410. The van der Waals surface area contributed by atoms with Crippen LogP contribution in [-0.2, 0) is 6.54 Å². The first-order valence-corrected chi connectivity index (χ1v) is 6.56. The molecule has 2 rings (SSSR count). The van der Waals surface area contributed by atoms with Crippen molar-refractivity contribution >= 4 is 35.6 Å². The van der Waals surface area contributed by atoms with Crippen molar-refractivity contribution in [1.82, 2.24) is 0 Å². The first kappa shape index (κ1) is 18.1. The first-order valence-electron chi connectivity index (χ1n) is 6.56. The van der Waals surface area contributed by atoms with E-state index in [1.165, 1.54) is 0 Å². The van der Waals surface area contributed by atoms with Gasteiger partial charge >= 0.3 is 0 Å². The Morgan fingerprint density at radius 1 is 1.00 bits per heavy atom. The standard InChI is InChI=1S/C16H19N3O2.HI/c1-20-14-9-5-3-7-12(14)11-18-16(17)19-13-8-4-6-10-15(13)21-2;/h3-10H,11H2,1-2H3,(H3,17,18,19);1H. The van der Waals surface area contributed by atoms with Crippen molar-refractivity contribution in [3.63, 3.8) is 0 Å². The highest BCUT2D eigenvalue weighted by Gasteiger charge is 2.03. The van der Waals surface area contributed by atoms with E-state index in [9.17, 15) is 0 Å². The number of nitrogens with zero attached hydrogens (tertiary/aromatic N) is 1. The summed E-state index contributed by atoms with van der Waals surface area (Å²) < 4.78 is 10.5. The second-order valence-corrected chi connectivity index (χ2v) is 4.34. The summed E-state index contributed by atoms with van der Waals surface area (Å²) >= 11 is 0. The zero-order valence-electron chi connectivity index (χ0n) is 12.6. The van der Waals surface area contributed by atoms with E-state index in [2.05, 4.69) is 10.3 Å². The second kappa shape index (κ2) is 9.14. The van der Waals surface area contributed by atoms with Crippen LogP contribution in [0.3, 0.4) is 0 Å². The summed E-state index contributed by atoms with van der Waals surface area (Å²) in [5, 5.41) is 3.03. The number of rotatable bonds is 5. The molecule has 0 amide bonds. The average molecular weight is 413 g/mol. The maximum atomic E-state index is 5.91. The highest BCUT2D eigenvalue weighted by Crippen LogP contribution is 2.23. The molecule has 2 aromatic carbocycles. The number of anilines is 1. The normalized spacial score (nSPS) is 10.5. The molecule has 6 heteroatoms. The van der Waals surface area contributed by atoms with Gasteiger partial charge in [-0.05, 0) is 18.2 Å². The van der Waals surface area contributed by atoms with Gasteiger partial charge in [-0.25, -0.2) is 4.99 Å². The summed E-state index contributed by atoms with van der Waals surface area (Å²) in [7, 11) is 3.25. The van der Waals surface area contributed by atoms with Crippen molar-refractivity contribution in [2.45, 2.75) is 6.54 Å². The van der Waals surface area contributed by atoms with Gasteiger partial charge in [0.05, 0.1) is 26.5 Å². The number of hydrogen-bond acceptors (Lipinski definition) is 3. The van der Waals surface area contributed by atoms with E-state index < -0.39 is 0 Å². The molecule has 0 unspecified atom stereocenters. The lowest BCUT2D eigenvalue weighted by atomic mass is 10.2. The fraction of sp³-hybridized carbons (Fsp3) is 0.188. The van der Waals surface area contributed by atoms with Gasteiger partial charge in [0.25, 0.3) is 0 Å². The number of benzene rings is 2. The Kier molecular flexibility index (Phi) is 7.51. The summed E-state index contributed by atoms with van der Waals surface area (Å²) in [6.07, 6.45) is 0. The minimum absolute atomic E-state index is 0. The van der Waals surface area contributed by atoms with Crippen LogP contribution >= 0.6 is 24.0 Å². The number of hydrogen-bond donors (Lipinski definition) is 2. The SMILES string of the molecule is COc1ccccc1CN=C(N)Nc1ccccc1OC.I. The van der Waals surface area contributed by atoms with Gasteiger partial charge in [-0.2, -0.15) is 0 Å². The molecule has 0 bridgehead atoms. The van der Waals surface area contributed by atoms with Gasteiger partial charge in [-0.3, -0.25) is 0 Å². The van der Waals surface area contributed by atoms with E-state index in [0.717, 1.165) is 17.0 Å². The Labute approximate surface area is 147 Å². The number of nitrogens with one attached hydrogen (secondary N) is 1. The number of methoxy groups -OCH3 is 2. The molecule has 0 aromatic heterocycles. The van der Waals surface area contributed by atoms with E-state index in [1.807, 2.05) is 48.5 Å². The summed E-state index contributed by atoms with van der Waals surface area (Å²) in [5.74, 6) is 1.84. The van der Waals surface area contributed by atoms with Crippen molar-refractivity contribution < 1.29 is 9.47 Å². The topological polar surface area (TPSA) is 68.9 Å². The van der Waals surface area contributed by atoms with Crippen molar-refractivity contribution in [2.24, 2.45) is 10.7 Å². The quantitative estimate of drug-likeness (QED) is 0.449. The lowest BCUT2D eigenvalue weighted by Gasteiger charge is -2.10. The van der Waals surface area contributed by atoms with Crippen molar-refractivity contribution in [3.8, 4) is 11.5 Å². The molecule has 5 nitrogen and oxygen atoms in total. The van der Waals surface area contributed by atoms with E-state index in [-0.39, 0.29) is 24.0 Å². The largest absolute Gasteiger partial charge is 0.496 e. The molecule has 0 atom stereocenters. The molecule has 0 aliphatic heterocycles. The minimum atomic E-state index is 0. The smallest absolute Gasteiger partial charge is 0.193 e. The van der Waals surface area contributed by atoms with Gasteiger partial charge in [0.2, 0.25) is 0 Å². The highest BCUT2D eigenvalue weighted by molar-refractivity contribution is 14.0. The first-order chi connectivity index (χ1) is 10.2. The van der Waals surface area contributed by atoms with Crippen LogP contribution in [0.25, 0.3) is 0 Å². The van der Waals surface area contributed by atoms with Crippen LogP contribution in [0.4, 0.5) is 5.69 Å². The molecule has 0 radical (unpaired) electrons. The van der Waals surface area contributed by atoms with Crippen LogP contribution in [0.5, 0.6) is 11.5 Å². The van der Waals surface area contributed by atoms with E-state index >= 15 is 0 Å². The maximum absolute atomic E-state index is 5.91. The van der Waals surface area contributed by atoms with Crippen LogP contribution in [0.1, 0.15) is 5.56 Å². The monoisotopic (exact) mass is 413 g/mol. The summed E-state index contributed by atoms with van der Waals surface area (Å²) in [6.45, 7) is 0.442. The molecule has 0 saturated heterocycles. The van der Waals surface area contributed by atoms with Gasteiger partial charge in [0.1, 0.15) is 11.5 Å². The van der Waals surface area contributed by atoms with Crippen molar-refractivity contribution in [1.29, 1.82) is 0 Å². The molecule has 2 aromatic rings. The Morgan fingerprint density at radius 2 is 1.59 bits per heavy atom. The fourth-order valence-corrected chi connectivity index (χ4v) is 1.93. The Hall–Kier alpha value is -1.96. The number of aliphatic imine (C=N–C) groups is 1. The third kappa shape index (κ3) is 4.80. The molecule has 0 aliphatic carbocycles. The third-order valence-corrected chi connectivity index (χ3v) is 2.98. The van der Waals surface area contributed by atoms with Crippen LogP contribution in [-0.4, -0.2) is 20.2 Å². The molecule has 0 fully saturated rings. The fourth-order valence-electron chi connectivity index (χ4n) is 1.93. The van der Waals surface area contributed by atoms with Gasteiger partial charge in [-0.1, -0.05) is 30.3 Å². The molecule has 0 saturated carbocycles. The van der Waals surface area contributed by atoms with Crippen LogP contribution in [0, 0.1) is 0 Å². The van der Waals surface area contributed by atoms with Crippen LogP contribution in [0.15, 0.2) is 53.5 Å². The number of nitrogens with two attached hydrogens (primary N) is 1. The Bertz CT molecular complexity index is 632. The Morgan fingerprint density at radius 3 is 2.27 bits per heavy atom. The van der Waals surface area contributed by atoms with Crippen LogP contribution < -0.4 is 20.5 Å². The predicted molar refractivity (Wildman–Crippen MR) is 100 cm³/mol. The maximum Gasteiger partial charge on any atom is 0.193 e. The van der Waals surface area contributed by atoms with E-state index in [4.69, 9.17) is 15.2 Å². The molecular weight excluding hydrogens is 393 g/mol. The molecular formula is C16H20IN3O2. The van der Waals surface area contributed by atoms with Gasteiger partial charge in [0.15, 0.2) is 5.96 Å². The van der Waals surface area contributed by atoms with Crippen LogP contribution in [0.2, 0.25) is 0 Å². The van der Waals surface area contributed by atoms with Gasteiger partial charge in [-0.15, -0.1) is 24.0 Å². The number of guanidine groups is 1. The number of halogens is 1. The Balaban J connectivity index is 0.00000242. The lowest BCUT2D eigenvalue weighted by Crippen LogP contribution is -2.23. The number of para-hydroxylation sites is 3. The summed E-state index contributed by atoms with van der Waals surface area (Å²) in [5.41, 5.74) is 7.67. The van der Waals surface area contributed by atoms with Gasteiger partial charge < -0.3 is 20.5 Å². The molecule has 118 valence electrons. The van der Waals surface area contributed by atoms with Crippen molar-refractivity contribution in [3.05, 3.63) is 54.1 Å². The third-order valence-electron chi connectivity index (χ3n) is 2.98. The number of ether oxygens (including phenoxy) is 2. The molecule has 22 heavy (non-hydrogen) atoms. The molecule has 0 spiro atoms. The summed E-state index contributed by atoms with van der Waals surface area (Å²) in [4.78, 5) is 4.32. The summed E-state index contributed by atoms with van der Waals surface area (Å²) in [6, 6.07) is 15.2. The molecule has 3 N–H and O–H groups in total.